The summed E-state index contributed by atoms with van der Waals surface area (Å²) in [6.07, 6.45) is 8.11. The third-order valence-electron chi connectivity index (χ3n) is 4.35. The predicted molar refractivity (Wildman–Crippen MR) is 91.1 cm³/mol. The van der Waals surface area contributed by atoms with Crippen LogP contribution in [0, 0.1) is 16.7 Å². The van der Waals surface area contributed by atoms with Crippen LogP contribution in [0.3, 0.4) is 0 Å². The van der Waals surface area contributed by atoms with Gasteiger partial charge in [0.05, 0.1) is 11.5 Å². The van der Waals surface area contributed by atoms with Crippen molar-refractivity contribution >= 4 is 5.97 Å². The maximum atomic E-state index is 12.1. The van der Waals surface area contributed by atoms with E-state index in [1.165, 1.54) is 37.7 Å². The average Bonchev–Trinajstić information content (AvgIpc) is 2.56. The third kappa shape index (κ3) is 4.96. The molecule has 0 heterocycles. The first-order valence-electron chi connectivity index (χ1n) is 8.34. The minimum absolute atomic E-state index is 0.404. The van der Waals surface area contributed by atoms with Gasteiger partial charge in [-0.3, -0.25) is 0 Å². The van der Waals surface area contributed by atoms with E-state index in [1.54, 1.807) is 26.8 Å². The van der Waals surface area contributed by atoms with Crippen LogP contribution < -0.4 is 4.74 Å². The second-order valence-corrected chi connectivity index (χ2v) is 6.95. The number of carbonyl (C=O) groups excluding carboxylic acids is 1. The number of carbonyl (C=O) groups is 1. The number of ether oxygens (including phenoxy) is 1. The van der Waals surface area contributed by atoms with Crippen LogP contribution in [0.2, 0.25) is 0 Å². The molecule has 0 spiro atoms. The van der Waals surface area contributed by atoms with Crippen LogP contribution in [0.5, 0.6) is 5.75 Å². The molecule has 2 rings (SSSR count). The van der Waals surface area contributed by atoms with E-state index >= 15 is 0 Å². The molecule has 122 valence electrons. The quantitative estimate of drug-likeness (QED) is 0.439. The normalized spacial score (nSPS) is 16.7. The van der Waals surface area contributed by atoms with Crippen LogP contribution >= 0.6 is 0 Å². The molecule has 1 aromatic carbocycles. The molecular formula is C20H25NO2. The van der Waals surface area contributed by atoms with Crippen LogP contribution in [0.4, 0.5) is 0 Å². The molecule has 3 heteroatoms. The Hall–Kier alpha value is -2.08. The Balaban J connectivity index is 2.00. The summed E-state index contributed by atoms with van der Waals surface area (Å²) in [5.41, 5.74) is 1.11. The Morgan fingerprint density at radius 3 is 2.39 bits per heavy atom. The summed E-state index contributed by atoms with van der Waals surface area (Å²) < 4.78 is 5.39. The molecule has 0 bridgehead atoms. The van der Waals surface area contributed by atoms with Gasteiger partial charge in [0.2, 0.25) is 0 Å². The summed E-state index contributed by atoms with van der Waals surface area (Å²) in [6, 6.07) is 10.0. The maximum Gasteiger partial charge on any atom is 0.338 e. The summed E-state index contributed by atoms with van der Waals surface area (Å²) in [4.78, 5) is 12.1. The Labute approximate surface area is 139 Å². The van der Waals surface area contributed by atoms with Gasteiger partial charge in [0.25, 0.3) is 0 Å². The van der Waals surface area contributed by atoms with Gasteiger partial charge in [-0.1, -0.05) is 37.5 Å². The van der Waals surface area contributed by atoms with Gasteiger partial charge in [0.1, 0.15) is 5.75 Å². The molecule has 1 aromatic rings. The fourth-order valence-electron chi connectivity index (χ4n) is 3.06. The molecule has 1 fully saturated rings. The zero-order chi connectivity index (χ0) is 16.9. The lowest BCUT2D eigenvalue weighted by molar-refractivity contribution is -0.130. The highest BCUT2D eigenvalue weighted by Crippen LogP contribution is 2.33. The van der Waals surface area contributed by atoms with Crippen molar-refractivity contribution in [2.75, 3.05) is 0 Å². The van der Waals surface area contributed by atoms with E-state index in [0.717, 1.165) is 0 Å². The molecule has 0 N–H and O–H groups in total. The van der Waals surface area contributed by atoms with E-state index in [4.69, 9.17) is 10.00 Å². The van der Waals surface area contributed by atoms with Crippen molar-refractivity contribution in [2.24, 2.45) is 5.41 Å². The van der Waals surface area contributed by atoms with Crippen LogP contribution in [0.15, 0.2) is 35.9 Å². The summed E-state index contributed by atoms with van der Waals surface area (Å²) >= 11 is 0. The third-order valence-corrected chi connectivity index (χ3v) is 4.35. The van der Waals surface area contributed by atoms with Crippen LogP contribution in [0.1, 0.15) is 64.4 Å². The molecule has 0 saturated heterocycles. The number of allylic oxidation sites excluding steroid dienone is 1. The molecule has 3 nitrogen and oxygen atoms in total. The Kier molecular flexibility index (Phi) is 5.60. The van der Waals surface area contributed by atoms with E-state index in [2.05, 4.69) is 18.2 Å². The van der Waals surface area contributed by atoms with Gasteiger partial charge in [-0.05, 0) is 57.2 Å². The van der Waals surface area contributed by atoms with Gasteiger partial charge in [-0.15, -0.1) is 0 Å². The standard InChI is InChI=1S/C20H25NO2/c1-15(13-20(2,3)14-21)19(22)23-18-11-9-17(10-12-18)16-7-5-4-6-8-16/h9-13,16H,4-8H2,1-3H3/b15-13+. The van der Waals surface area contributed by atoms with Gasteiger partial charge in [0, 0.05) is 5.57 Å². The molecule has 23 heavy (non-hydrogen) atoms. The number of rotatable bonds is 4. The van der Waals surface area contributed by atoms with Gasteiger partial charge in [-0.2, -0.15) is 5.26 Å². The van der Waals surface area contributed by atoms with Crippen molar-refractivity contribution in [3.63, 3.8) is 0 Å². The van der Waals surface area contributed by atoms with Crippen LogP contribution in [-0.4, -0.2) is 5.97 Å². The topological polar surface area (TPSA) is 50.1 Å². The molecule has 0 aliphatic heterocycles. The molecular weight excluding hydrogens is 286 g/mol. The van der Waals surface area contributed by atoms with Crippen LogP contribution in [0.25, 0.3) is 0 Å². The van der Waals surface area contributed by atoms with Gasteiger partial charge >= 0.3 is 5.97 Å². The van der Waals surface area contributed by atoms with Crippen molar-refractivity contribution < 1.29 is 9.53 Å². The first-order valence-corrected chi connectivity index (χ1v) is 8.34. The van der Waals surface area contributed by atoms with Crippen LogP contribution in [-0.2, 0) is 4.79 Å². The Morgan fingerprint density at radius 1 is 1.22 bits per heavy atom. The monoisotopic (exact) mass is 311 g/mol. The van der Waals surface area contributed by atoms with Crippen molar-refractivity contribution in [3.8, 4) is 11.8 Å². The highest BCUT2D eigenvalue weighted by molar-refractivity contribution is 5.89. The average molecular weight is 311 g/mol. The number of nitrogens with zero attached hydrogens (tertiary/aromatic N) is 1. The van der Waals surface area contributed by atoms with Crippen molar-refractivity contribution in [3.05, 3.63) is 41.5 Å². The molecule has 0 atom stereocenters. The summed E-state index contributed by atoms with van der Waals surface area (Å²) in [5, 5.41) is 9.02. The SMILES string of the molecule is C/C(=C\C(C)(C)C#N)C(=O)Oc1ccc(C2CCCCC2)cc1. The summed E-state index contributed by atoms with van der Waals surface area (Å²) in [6.45, 7) is 5.21. The zero-order valence-electron chi connectivity index (χ0n) is 14.3. The minimum atomic E-state index is -0.673. The number of esters is 1. The van der Waals surface area contributed by atoms with Gasteiger partial charge < -0.3 is 4.74 Å². The molecule has 0 amide bonds. The minimum Gasteiger partial charge on any atom is -0.423 e. The molecule has 0 aromatic heterocycles. The number of benzene rings is 1. The van der Waals surface area contributed by atoms with Crippen molar-refractivity contribution in [2.45, 2.75) is 58.8 Å². The maximum absolute atomic E-state index is 12.1. The first kappa shape index (κ1) is 17.3. The largest absolute Gasteiger partial charge is 0.423 e. The molecule has 1 aliphatic rings. The summed E-state index contributed by atoms with van der Waals surface area (Å²) in [7, 11) is 0. The number of hydrogen-bond acceptors (Lipinski definition) is 3. The fraction of sp³-hybridized carbons (Fsp3) is 0.500. The fourth-order valence-corrected chi connectivity index (χ4v) is 3.06. The molecule has 0 unspecified atom stereocenters. The number of nitriles is 1. The van der Waals surface area contributed by atoms with Gasteiger partial charge in [0.15, 0.2) is 0 Å². The molecule has 1 saturated carbocycles. The zero-order valence-corrected chi connectivity index (χ0v) is 14.3. The lowest BCUT2D eigenvalue weighted by Crippen LogP contribution is -2.13. The highest BCUT2D eigenvalue weighted by Gasteiger charge is 2.18. The second-order valence-electron chi connectivity index (χ2n) is 6.95. The first-order chi connectivity index (χ1) is 10.9. The highest BCUT2D eigenvalue weighted by atomic mass is 16.5. The van der Waals surface area contributed by atoms with E-state index in [1.807, 2.05) is 12.1 Å². The van der Waals surface area contributed by atoms with Gasteiger partial charge in [-0.25, -0.2) is 4.79 Å². The lowest BCUT2D eigenvalue weighted by atomic mass is 9.84. The number of hydrogen-bond donors (Lipinski definition) is 0. The summed E-state index contributed by atoms with van der Waals surface area (Å²) in [5.74, 6) is 0.794. The lowest BCUT2D eigenvalue weighted by Gasteiger charge is -2.22. The van der Waals surface area contributed by atoms with E-state index in [9.17, 15) is 4.79 Å². The van der Waals surface area contributed by atoms with E-state index < -0.39 is 11.4 Å². The van der Waals surface area contributed by atoms with E-state index in [-0.39, 0.29) is 0 Å². The predicted octanol–water partition coefficient (Wildman–Crippen LogP) is 5.14. The van der Waals surface area contributed by atoms with E-state index in [0.29, 0.717) is 17.2 Å². The second kappa shape index (κ2) is 7.46. The Morgan fingerprint density at radius 2 is 1.83 bits per heavy atom. The molecule has 1 aliphatic carbocycles. The van der Waals surface area contributed by atoms with Crippen molar-refractivity contribution in [1.82, 2.24) is 0 Å². The smallest absolute Gasteiger partial charge is 0.338 e. The Bertz CT molecular complexity index is 614. The van der Waals surface area contributed by atoms with Crippen molar-refractivity contribution in [1.29, 1.82) is 5.26 Å². The molecule has 0 radical (unpaired) electrons.